The number of carbonyl (C=O) groups is 2. The third kappa shape index (κ3) is 3.11. The summed E-state index contributed by atoms with van der Waals surface area (Å²) < 4.78 is 5.53. The van der Waals surface area contributed by atoms with Crippen LogP contribution in [0.5, 0.6) is 0 Å². The third-order valence-electron chi connectivity index (χ3n) is 3.15. The lowest BCUT2D eigenvalue weighted by molar-refractivity contribution is -0.124. The molecule has 0 spiro atoms. The molecule has 1 saturated heterocycles. The maximum Gasteiger partial charge on any atom is 0.324 e. The SMILES string of the molecule is Cc1cccc(-c2nnc(SCC(=O)N3CCNC3=O)o2)c1. The summed E-state index contributed by atoms with van der Waals surface area (Å²) in [6.45, 7) is 2.87. The molecule has 7 nitrogen and oxygen atoms in total. The van der Waals surface area contributed by atoms with Gasteiger partial charge in [-0.05, 0) is 19.1 Å². The molecule has 1 aromatic carbocycles. The molecule has 0 radical (unpaired) electrons. The first-order valence-corrected chi connectivity index (χ1v) is 7.73. The van der Waals surface area contributed by atoms with Crippen LogP contribution in [0.15, 0.2) is 33.9 Å². The van der Waals surface area contributed by atoms with Crippen molar-refractivity contribution in [3.63, 3.8) is 0 Å². The van der Waals surface area contributed by atoms with Crippen LogP contribution in [0, 0.1) is 6.92 Å². The van der Waals surface area contributed by atoms with Gasteiger partial charge in [0.05, 0.1) is 5.75 Å². The highest BCUT2D eigenvalue weighted by Crippen LogP contribution is 2.24. The molecule has 1 aromatic heterocycles. The molecule has 1 aliphatic rings. The standard InChI is InChI=1S/C14H14N4O3S/c1-9-3-2-4-10(7-9)12-16-17-14(21-12)22-8-11(19)18-6-5-15-13(18)20/h2-4,7H,5-6,8H2,1H3,(H,15,20). The Morgan fingerprint density at radius 3 is 3.05 bits per heavy atom. The Balaban J connectivity index is 1.62. The van der Waals surface area contributed by atoms with Gasteiger partial charge in [0.2, 0.25) is 11.8 Å². The van der Waals surface area contributed by atoms with Crippen molar-refractivity contribution in [1.82, 2.24) is 20.4 Å². The summed E-state index contributed by atoms with van der Waals surface area (Å²) in [6, 6.07) is 7.37. The van der Waals surface area contributed by atoms with E-state index in [0.29, 0.717) is 24.2 Å². The number of aryl methyl sites for hydroxylation is 1. The summed E-state index contributed by atoms with van der Waals surface area (Å²) in [4.78, 5) is 24.5. The van der Waals surface area contributed by atoms with Gasteiger partial charge in [0.15, 0.2) is 0 Å². The molecule has 22 heavy (non-hydrogen) atoms. The van der Waals surface area contributed by atoms with Gasteiger partial charge < -0.3 is 9.73 Å². The van der Waals surface area contributed by atoms with Crippen LogP contribution in [-0.4, -0.2) is 45.9 Å². The lowest BCUT2D eigenvalue weighted by Gasteiger charge is -2.10. The molecule has 114 valence electrons. The Bertz CT molecular complexity index is 716. The van der Waals surface area contributed by atoms with Crippen LogP contribution in [0.1, 0.15) is 5.56 Å². The summed E-state index contributed by atoms with van der Waals surface area (Å²) in [5, 5.41) is 10.8. The molecule has 1 N–H and O–H groups in total. The molecule has 8 heteroatoms. The van der Waals surface area contributed by atoms with E-state index in [-0.39, 0.29) is 17.7 Å². The number of hydrogen-bond acceptors (Lipinski definition) is 6. The molecule has 0 aliphatic carbocycles. The van der Waals surface area contributed by atoms with Crippen molar-refractivity contribution in [2.45, 2.75) is 12.1 Å². The molecule has 0 bridgehead atoms. The van der Waals surface area contributed by atoms with Crippen molar-refractivity contribution < 1.29 is 14.0 Å². The summed E-state index contributed by atoms with van der Waals surface area (Å²) in [6.07, 6.45) is 0. The predicted octanol–water partition coefficient (Wildman–Crippen LogP) is 1.69. The Morgan fingerprint density at radius 1 is 1.45 bits per heavy atom. The van der Waals surface area contributed by atoms with Crippen LogP contribution in [0.4, 0.5) is 4.79 Å². The van der Waals surface area contributed by atoms with Crippen LogP contribution >= 0.6 is 11.8 Å². The van der Waals surface area contributed by atoms with E-state index in [4.69, 9.17) is 4.42 Å². The highest BCUT2D eigenvalue weighted by atomic mass is 32.2. The number of urea groups is 1. The molecule has 0 saturated carbocycles. The highest BCUT2D eigenvalue weighted by Gasteiger charge is 2.26. The Kier molecular flexibility index (Phi) is 4.10. The monoisotopic (exact) mass is 318 g/mol. The summed E-state index contributed by atoms with van der Waals surface area (Å²) >= 11 is 1.13. The number of imide groups is 1. The Morgan fingerprint density at radius 2 is 2.32 bits per heavy atom. The van der Waals surface area contributed by atoms with E-state index < -0.39 is 0 Å². The van der Waals surface area contributed by atoms with Crippen LogP contribution in [0.2, 0.25) is 0 Å². The third-order valence-corrected chi connectivity index (χ3v) is 3.95. The predicted molar refractivity (Wildman–Crippen MR) is 80.3 cm³/mol. The maximum absolute atomic E-state index is 11.9. The smallest absolute Gasteiger partial charge is 0.324 e. The van der Waals surface area contributed by atoms with E-state index in [1.165, 1.54) is 4.90 Å². The topological polar surface area (TPSA) is 88.3 Å². The number of rotatable bonds is 4. The zero-order chi connectivity index (χ0) is 15.5. The van der Waals surface area contributed by atoms with Crippen molar-refractivity contribution in [2.24, 2.45) is 0 Å². The average molecular weight is 318 g/mol. The van der Waals surface area contributed by atoms with Gasteiger partial charge in [-0.2, -0.15) is 0 Å². The molecule has 3 amide bonds. The first-order valence-electron chi connectivity index (χ1n) is 6.75. The van der Waals surface area contributed by atoms with Gasteiger partial charge in [-0.3, -0.25) is 9.69 Å². The molecule has 0 atom stereocenters. The van der Waals surface area contributed by atoms with Gasteiger partial charge in [-0.15, -0.1) is 10.2 Å². The van der Waals surface area contributed by atoms with Crippen molar-refractivity contribution in [3.8, 4) is 11.5 Å². The average Bonchev–Trinajstić information content (AvgIpc) is 3.14. The second kappa shape index (κ2) is 6.18. The molecule has 3 rings (SSSR count). The minimum atomic E-state index is -0.350. The van der Waals surface area contributed by atoms with Gasteiger partial charge >= 0.3 is 6.03 Å². The molecule has 2 aromatic rings. The molecule has 2 heterocycles. The minimum Gasteiger partial charge on any atom is -0.411 e. The normalized spacial score (nSPS) is 14.2. The number of amides is 3. The Labute approximate surface area is 131 Å². The van der Waals surface area contributed by atoms with E-state index in [1.54, 1.807) is 0 Å². The molecule has 0 unspecified atom stereocenters. The quantitative estimate of drug-likeness (QED) is 0.863. The fourth-order valence-corrected chi connectivity index (χ4v) is 2.71. The number of carbonyl (C=O) groups excluding carboxylic acids is 2. The molecule has 1 fully saturated rings. The molecule has 1 aliphatic heterocycles. The largest absolute Gasteiger partial charge is 0.411 e. The zero-order valence-corrected chi connectivity index (χ0v) is 12.7. The lowest BCUT2D eigenvalue weighted by Crippen LogP contribution is -2.35. The van der Waals surface area contributed by atoms with E-state index in [0.717, 1.165) is 22.9 Å². The van der Waals surface area contributed by atoms with E-state index in [9.17, 15) is 9.59 Å². The number of aromatic nitrogens is 2. The van der Waals surface area contributed by atoms with Crippen molar-refractivity contribution in [1.29, 1.82) is 0 Å². The fraction of sp³-hybridized carbons (Fsp3) is 0.286. The van der Waals surface area contributed by atoms with E-state index >= 15 is 0 Å². The first-order chi connectivity index (χ1) is 10.6. The van der Waals surface area contributed by atoms with Gasteiger partial charge in [-0.1, -0.05) is 29.5 Å². The van der Waals surface area contributed by atoms with E-state index in [1.807, 2.05) is 31.2 Å². The van der Waals surface area contributed by atoms with Crippen LogP contribution in [0.25, 0.3) is 11.5 Å². The van der Waals surface area contributed by atoms with Crippen LogP contribution in [-0.2, 0) is 4.79 Å². The number of benzene rings is 1. The van der Waals surface area contributed by atoms with Gasteiger partial charge in [0, 0.05) is 18.7 Å². The van der Waals surface area contributed by atoms with Crippen LogP contribution < -0.4 is 5.32 Å². The minimum absolute atomic E-state index is 0.0862. The zero-order valence-electron chi connectivity index (χ0n) is 11.9. The summed E-state index contributed by atoms with van der Waals surface area (Å²) in [5.41, 5.74) is 1.93. The number of nitrogens with one attached hydrogen (secondary N) is 1. The number of thioether (sulfide) groups is 1. The van der Waals surface area contributed by atoms with Gasteiger partial charge in [0.1, 0.15) is 0 Å². The molecular formula is C14H14N4O3S. The fourth-order valence-electron chi connectivity index (χ4n) is 2.07. The first kappa shape index (κ1) is 14.6. The molecular weight excluding hydrogens is 304 g/mol. The number of hydrogen-bond donors (Lipinski definition) is 1. The number of nitrogens with zero attached hydrogens (tertiary/aromatic N) is 3. The lowest BCUT2D eigenvalue weighted by atomic mass is 10.1. The maximum atomic E-state index is 11.9. The van der Waals surface area contributed by atoms with Gasteiger partial charge in [0.25, 0.3) is 5.22 Å². The second-order valence-corrected chi connectivity index (χ2v) is 5.74. The second-order valence-electron chi connectivity index (χ2n) is 4.81. The summed E-state index contributed by atoms with van der Waals surface area (Å²) in [7, 11) is 0. The van der Waals surface area contributed by atoms with Crippen molar-refractivity contribution in [2.75, 3.05) is 18.8 Å². The Hall–Kier alpha value is -2.35. The summed E-state index contributed by atoms with van der Waals surface area (Å²) in [5.74, 6) is 0.232. The van der Waals surface area contributed by atoms with E-state index in [2.05, 4.69) is 15.5 Å². The van der Waals surface area contributed by atoms with Crippen molar-refractivity contribution in [3.05, 3.63) is 29.8 Å². The van der Waals surface area contributed by atoms with Gasteiger partial charge in [-0.25, -0.2) is 4.79 Å². The van der Waals surface area contributed by atoms with Crippen LogP contribution in [0.3, 0.4) is 0 Å². The highest BCUT2D eigenvalue weighted by molar-refractivity contribution is 7.99. The van der Waals surface area contributed by atoms with Crippen molar-refractivity contribution >= 4 is 23.7 Å².